The lowest BCUT2D eigenvalue weighted by atomic mass is 10.2. The Morgan fingerprint density at radius 3 is 2.27 bits per heavy atom. The smallest absolute Gasteiger partial charge is 0.178 e. The van der Waals surface area contributed by atoms with E-state index < -0.39 is 9.84 Å². The van der Waals surface area contributed by atoms with Gasteiger partial charge in [0.25, 0.3) is 0 Å². The fourth-order valence-corrected chi connectivity index (χ4v) is 2.14. The zero-order valence-corrected chi connectivity index (χ0v) is 10.3. The van der Waals surface area contributed by atoms with E-state index in [-0.39, 0.29) is 5.75 Å². The molecule has 1 aromatic carbocycles. The van der Waals surface area contributed by atoms with E-state index in [1.165, 1.54) is 0 Å². The highest BCUT2D eigenvalue weighted by molar-refractivity contribution is 7.91. The minimum atomic E-state index is -3.11. The molecule has 0 saturated carbocycles. The second-order valence-corrected chi connectivity index (χ2v) is 5.69. The Morgan fingerprint density at radius 1 is 1.33 bits per heavy atom. The first-order chi connectivity index (χ1) is 7.01. The van der Waals surface area contributed by atoms with Crippen LogP contribution in [0.25, 0.3) is 0 Å². The Labute approximate surface area is 95.4 Å². The van der Waals surface area contributed by atoms with Gasteiger partial charge in [0.05, 0.1) is 10.6 Å². The SMILES string of the molecule is CCS(=O)(=O)c1ccc(C(=S)NC)cc1. The molecule has 0 bridgehead atoms. The zero-order valence-electron chi connectivity index (χ0n) is 8.65. The lowest BCUT2D eigenvalue weighted by Crippen LogP contribution is -2.16. The first-order valence-electron chi connectivity index (χ1n) is 4.56. The monoisotopic (exact) mass is 243 g/mol. The van der Waals surface area contributed by atoms with Crippen LogP contribution in [0, 0.1) is 0 Å². The van der Waals surface area contributed by atoms with E-state index >= 15 is 0 Å². The molecule has 1 rings (SSSR count). The number of thiocarbonyl (C=S) groups is 1. The predicted octanol–water partition coefficient (Wildman–Crippen LogP) is 1.38. The van der Waals surface area contributed by atoms with Gasteiger partial charge in [-0.15, -0.1) is 0 Å². The Kier molecular flexibility index (Phi) is 3.82. The highest BCUT2D eigenvalue weighted by Crippen LogP contribution is 2.12. The second-order valence-electron chi connectivity index (χ2n) is 3.01. The molecule has 0 heterocycles. The summed E-state index contributed by atoms with van der Waals surface area (Å²) in [6.45, 7) is 1.63. The van der Waals surface area contributed by atoms with Crippen molar-refractivity contribution in [2.24, 2.45) is 0 Å². The molecular weight excluding hydrogens is 230 g/mol. The van der Waals surface area contributed by atoms with Gasteiger partial charge in [0.1, 0.15) is 4.99 Å². The number of sulfone groups is 1. The van der Waals surface area contributed by atoms with Crippen LogP contribution < -0.4 is 5.32 Å². The van der Waals surface area contributed by atoms with E-state index in [4.69, 9.17) is 12.2 Å². The Hall–Kier alpha value is -0.940. The van der Waals surface area contributed by atoms with Crippen molar-refractivity contribution in [1.29, 1.82) is 0 Å². The van der Waals surface area contributed by atoms with Crippen molar-refractivity contribution < 1.29 is 8.42 Å². The van der Waals surface area contributed by atoms with Gasteiger partial charge in [-0.3, -0.25) is 0 Å². The van der Waals surface area contributed by atoms with Gasteiger partial charge in [-0.2, -0.15) is 0 Å². The number of hydrogen-bond donors (Lipinski definition) is 1. The molecule has 82 valence electrons. The summed E-state index contributed by atoms with van der Waals surface area (Å²) in [5.41, 5.74) is 0.822. The molecule has 0 radical (unpaired) electrons. The molecule has 3 nitrogen and oxygen atoms in total. The van der Waals surface area contributed by atoms with Gasteiger partial charge in [-0.1, -0.05) is 31.3 Å². The van der Waals surface area contributed by atoms with Crippen LogP contribution in [-0.4, -0.2) is 26.2 Å². The number of benzene rings is 1. The summed E-state index contributed by atoms with van der Waals surface area (Å²) < 4.78 is 23.0. The molecule has 0 fully saturated rings. The van der Waals surface area contributed by atoms with Crippen molar-refractivity contribution >= 4 is 27.0 Å². The number of nitrogens with one attached hydrogen (secondary N) is 1. The van der Waals surface area contributed by atoms with Gasteiger partial charge in [-0.25, -0.2) is 8.42 Å². The highest BCUT2D eigenvalue weighted by Gasteiger charge is 2.11. The van der Waals surface area contributed by atoms with Crippen molar-refractivity contribution in [3.8, 4) is 0 Å². The van der Waals surface area contributed by atoms with Gasteiger partial charge < -0.3 is 5.32 Å². The third-order valence-corrected chi connectivity index (χ3v) is 4.27. The zero-order chi connectivity index (χ0) is 11.5. The lowest BCUT2D eigenvalue weighted by Gasteiger charge is -2.04. The quantitative estimate of drug-likeness (QED) is 0.815. The van der Waals surface area contributed by atoms with Gasteiger partial charge in [0.2, 0.25) is 0 Å². The van der Waals surface area contributed by atoms with E-state index in [0.717, 1.165) is 5.56 Å². The summed E-state index contributed by atoms with van der Waals surface area (Å²) in [4.78, 5) is 0.947. The fourth-order valence-electron chi connectivity index (χ4n) is 1.12. The normalized spacial score (nSPS) is 11.1. The second kappa shape index (κ2) is 4.72. The Bertz CT molecular complexity index is 449. The molecule has 0 aliphatic rings. The summed E-state index contributed by atoms with van der Waals surface area (Å²) >= 11 is 5.03. The van der Waals surface area contributed by atoms with E-state index in [9.17, 15) is 8.42 Å². The maximum atomic E-state index is 11.5. The molecule has 0 unspecified atom stereocenters. The van der Waals surface area contributed by atoms with Crippen LogP contribution in [0.1, 0.15) is 12.5 Å². The molecular formula is C10H13NO2S2. The van der Waals surface area contributed by atoms with Crippen LogP contribution in [0.15, 0.2) is 29.2 Å². The molecule has 1 N–H and O–H groups in total. The maximum Gasteiger partial charge on any atom is 0.178 e. The molecule has 0 atom stereocenters. The van der Waals surface area contributed by atoms with Crippen molar-refractivity contribution in [2.75, 3.05) is 12.8 Å². The van der Waals surface area contributed by atoms with Crippen LogP contribution in [0.3, 0.4) is 0 Å². The predicted molar refractivity (Wildman–Crippen MR) is 64.9 cm³/mol. The summed E-state index contributed by atoms with van der Waals surface area (Å²) in [5, 5.41) is 2.84. The molecule has 15 heavy (non-hydrogen) atoms. The van der Waals surface area contributed by atoms with Crippen molar-refractivity contribution in [3.63, 3.8) is 0 Å². The molecule has 5 heteroatoms. The van der Waals surface area contributed by atoms with E-state index in [0.29, 0.717) is 9.88 Å². The molecule has 0 aromatic heterocycles. The highest BCUT2D eigenvalue weighted by atomic mass is 32.2. The standard InChI is InChI=1S/C10H13NO2S2/c1-3-15(12,13)9-6-4-8(5-7-9)10(14)11-2/h4-7H,3H2,1-2H3,(H,11,14). The van der Waals surface area contributed by atoms with Crippen LogP contribution in [-0.2, 0) is 9.84 Å². The molecule has 1 aromatic rings. The number of rotatable bonds is 3. The summed E-state index contributed by atoms with van der Waals surface area (Å²) in [5.74, 6) is 0.114. The third-order valence-electron chi connectivity index (χ3n) is 2.08. The first kappa shape index (κ1) is 12.1. The van der Waals surface area contributed by atoms with Crippen LogP contribution in [0.4, 0.5) is 0 Å². The van der Waals surface area contributed by atoms with Gasteiger partial charge in [0.15, 0.2) is 9.84 Å². The van der Waals surface area contributed by atoms with Crippen molar-refractivity contribution in [3.05, 3.63) is 29.8 Å². The summed E-state index contributed by atoms with van der Waals surface area (Å²) in [6.07, 6.45) is 0. The summed E-state index contributed by atoms with van der Waals surface area (Å²) in [7, 11) is -1.38. The molecule has 0 spiro atoms. The van der Waals surface area contributed by atoms with Gasteiger partial charge >= 0.3 is 0 Å². The fraction of sp³-hybridized carbons (Fsp3) is 0.300. The van der Waals surface area contributed by atoms with Gasteiger partial charge in [0, 0.05) is 12.6 Å². The van der Waals surface area contributed by atoms with E-state index in [2.05, 4.69) is 5.32 Å². The Balaban J connectivity index is 3.06. The van der Waals surface area contributed by atoms with Crippen LogP contribution in [0.2, 0.25) is 0 Å². The topological polar surface area (TPSA) is 46.2 Å². The third kappa shape index (κ3) is 2.76. The maximum absolute atomic E-state index is 11.5. The minimum Gasteiger partial charge on any atom is -0.379 e. The molecule has 0 saturated heterocycles. The molecule has 0 aliphatic heterocycles. The average molecular weight is 243 g/mol. The van der Waals surface area contributed by atoms with Crippen molar-refractivity contribution in [1.82, 2.24) is 5.32 Å². The minimum absolute atomic E-state index is 0.114. The Morgan fingerprint density at radius 2 is 1.87 bits per heavy atom. The first-order valence-corrected chi connectivity index (χ1v) is 6.62. The largest absolute Gasteiger partial charge is 0.379 e. The van der Waals surface area contributed by atoms with Crippen molar-refractivity contribution in [2.45, 2.75) is 11.8 Å². The summed E-state index contributed by atoms with van der Waals surface area (Å²) in [6, 6.07) is 6.58. The lowest BCUT2D eigenvalue weighted by molar-refractivity contribution is 0.597. The van der Waals surface area contributed by atoms with Crippen LogP contribution >= 0.6 is 12.2 Å². The number of hydrogen-bond acceptors (Lipinski definition) is 3. The van der Waals surface area contributed by atoms with E-state index in [1.54, 1.807) is 38.2 Å². The van der Waals surface area contributed by atoms with Gasteiger partial charge in [-0.05, 0) is 12.1 Å². The molecule has 0 amide bonds. The average Bonchev–Trinajstić information content (AvgIpc) is 2.28. The van der Waals surface area contributed by atoms with Crippen LogP contribution in [0.5, 0.6) is 0 Å². The molecule has 0 aliphatic carbocycles. The van der Waals surface area contributed by atoms with E-state index in [1.807, 2.05) is 0 Å².